The van der Waals surface area contributed by atoms with Crippen LogP contribution in [0.15, 0.2) is 66.7 Å². The summed E-state index contributed by atoms with van der Waals surface area (Å²) in [6.07, 6.45) is -2.82. The van der Waals surface area contributed by atoms with E-state index < -0.39 is 17.7 Å². The third kappa shape index (κ3) is 5.36. The highest BCUT2D eigenvalue weighted by Gasteiger charge is 2.45. The molecule has 2 aliphatic rings. The highest BCUT2D eigenvalue weighted by Crippen LogP contribution is 2.48. The Morgan fingerprint density at radius 1 is 1.03 bits per heavy atom. The molecule has 1 atom stereocenters. The van der Waals surface area contributed by atoms with E-state index in [-0.39, 0.29) is 22.9 Å². The zero-order chi connectivity index (χ0) is 27.8. The van der Waals surface area contributed by atoms with Gasteiger partial charge in [-0.25, -0.2) is 4.79 Å². The number of anilines is 1. The number of carboxylic acid groups (broad SMARTS) is 1. The molecular weight excluding hydrogens is 509 g/mol. The quantitative estimate of drug-likeness (QED) is 0.405. The van der Waals surface area contributed by atoms with E-state index in [1.54, 1.807) is 18.2 Å². The summed E-state index contributed by atoms with van der Waals surface area (Å²) < 4.78 is 44.9. The Kier molecular flexibility index (Phi) is 7.11. The van der Waals surface area contributed by atoms with Crippen LogP contribution in [0.3, 0.4) is 0 Å². The minimum Gasteiger partial charge on any atom is -0.478 e. The van der Waals surface area contributed by atoms with Crippen molar-refractivity contribution in [3.8, 4) is 0 Å². The van der Waals surface area contributed by atoms with Gasteiger partial charge in [0.25, 0.3) is 5.91 Å². The van der Waals surface area contributed by atoms with Gasteiger partial charge in [-0.1, -0.05) is 36.4 Å². The first-order chi connectivity index (χ1) is 18.6. The Morgan fingerprint density at radius 3 is 2.31 bits per heavy atom. The van der Waals surface area contributed by atoms with Gasteiger partial charge in [0.15, 0.2) is 0 Å². The van der Waals surface area contributed by atoms with Gasteiger partial charge in [0, 0.05) is 31.7 Å². The second kappa shape index (κ2) is 10.4. The number of hydrogen-bond acceptors (Lipinski definition) is 4. The lowest BCUT2D eigenvalue weighted by atomic mass is 9.75. The fraction of sp³-hybridized carbons (Fsp3) is 0.333. The van der Waals surface area contributed by atoms with Crippen LogP contribution in [0.5, 0.6) is 0 Å². The number of carbonyl (C=O) groups excluding carboxylic acids is 1. The second-order valence-electron chi connectivity index (χ2n) is 10.3. The predicted molar refractivity (Wildman–Crippen MR) is 140 cm³/mol. The van der Waals surface area contributed by atoms with Gasteiger partial charge >= 0.3 is 12.1 Å². The highest BCUT2D eigenvalue weighted by molar-refractivity contribution is 6.01. The Morgan fingerprint density at radius 2 is 1.69 bits per heavy atom. The van der Waals surface area contributed by atoms with E-state index in [2.05, 4.69) is 10.2 Å². The molecule has 0 aromatic heterocycles. The molecule has 5 rings (SSSR count). The molecule has 0 bridgehead atoms. The molecule has 1 fully saturated rings. The number of amides is 1. The maximum atomic E-state index is 13.6. The summed E-state index contributed by atoms with van der Waals surface area (Å²) in [6.45, 7) is 4.05. The van der Waals surface area contributed by atoms with Crippen molar-refractivity contribution >= 4 is 17.6 Å². The van der Waals surface area contributed by atoms with Crippen LogP contribution >= 0.6 is 0 Å². The zero-order valence-electron chi connectivity index (χ0n) is 21.4. The van der Waals surface area contributed by atoms with Gasteiger partial charge in [0.1, 0.15) is 0 Å². The minimum atomic E-state index is -4.40. The first-order valence-electron chi connectivity index (χ1n) is 12.8. The van der Waals surface area contributed by atoms with Crippen molar-refractivity contribution in [1.29, 1.82) is 0 Å². The summed E-state index contributed by atoms with van der Waals surface area (Å²) >= 11 is 0. The van der Waals surface area contributed by atoms with Crippen molar-refractivity contribution in [2.24, 2.45) is 0 Å². The molecule has 0 aliphatic carbocycles. The lowest BCUT2D eigenvalue weighted by Crippen LogP contribution is -2.38. The third-order valence-electron chi connectivity index (χ3n) is 7.77. The Labute approximate surface area is 224 Å². The molecule has 39 heavy (non-hydrogen) atoms. The second-order valence-corrected chi connectivity index (χ2v) is 10.3. The lowest BCUT2D eigenvalue weighted by Gasteiger charge is -2.34. The van der Waals surface area contributed by atoms with Crippen molar-refractivity contribution in [3.05, 3.63) is 100 Å². The molecule has 9 heteroatoms. The zero-order valence-corrected chi connectivity index (χ0v) is 21.4. The Balaban J connectivity index is 1.44. The van der Waals surface area contributed by atoms with Crippen LogP contribution in [0.25, 0.3) is 0 Å². The maximum absolute atomic E-state index is 13.6. The van der Waals surface area contributed by atoms with Gasteiger partial charge < -0.3 is 20.1 Å². The van der Waals surface area contributed by atoms with Crippen molar-refractivity contribution in [1.82, 2.24) is 5.32 Å². The molecule has 3 aromatic rings. The topological polar surface area (TPSA) is 78.9 Å². The van der Waals surface area contributed by atoms with E-state index in [1.165, 1.54) is 24.3 Å². The smallest absolute Gasteiger partial charge is 0.416 e. The van der Waals surface area contributed by atoms with Gasteiger partial charge in [-0.2, -0.15) is 13.2 Å². The SMILES string of the molecule is C[C@H](NC(=O)c1cccc2c1N(Cc1ccc(C(F)(F)F)cc1)CC21CCOCC1)c1ccc(C(=O)O)cc1. The van der Waals surface area contributed by atoms with Crippen LogP contribution in [-0.2, 0) is 22.9 Å². The monoisotopic (exact) mass is 538 g/mol. The van der Waals surface area contributed by atoms with Gasteiger partial charge in [-0.3, -0.25) is 4.79 Å². The van der Waals surface area contributed by atoms with E-state index in [1.807, 2.05) is 19.1 Å². The Hall–Kier alpha value is -3.85. The van der Waals surface area contributed by atoms with Crippen LogP contribution in [0.2, 0.25) is 0 Å². The van der Waals surface area contributed by atoms with Crippen LogP contribution in [0.1, 0.15) is 68.8 Å². The third-order valence-corrected chi connectivity index (χ3v) is 7.77. The van der Waals surface area contributed by atoms with Crippen LogP contribution < -0.4 is 10.2 Å². The van der Waals surface area contributed by atoms with Crippen molar-refractivity contribution in [3.63, 3.8) is 0 Å². The number of benzene rings is 3. The Bertz CT molecular complexity index is 1360. The number of para-hydroxylation sites is 1. The van der Waals surface area contributed by atoms with Crippen LogP contribution in [0.4, 0.5) is 18.9 Å². The van der Waals surface area contributed by atoms with E-state index >= 15 is 0 Å². The van der Waals surface area contributed by atoms with Gasteiger partial charge in [-0.05, 0) is 66.8 Å². The molecular formula is C30H29F3N2O4. The molecule has 204 valence electrons. The number of halogens is 3. The van der Waals surface area contributed by atoms with Crippen molar-refractivity contribution in [2.45, 2.75) is 43.9 Å². The maximum Gasteiger partial charge on any atom is 0.416 e. The standard InChI is InChI=1S/C30H29F3N2O4/c1-19(21-7-9-22(10-8-21)28(37)38)34-27(36)24-3-2-4-25-26(24)35(18-29(25)13-15-39-16-14-29)17-20-5-11-23(12-6-20)30(31,32)33/h2-12,19H,13-18H2,1H3,(H,34,36)(H,37,38)/t19-/m0/s1. The number of carboxylic acids is 1. The summed E-state index contributed by atoms with van der Waals surface area (Å²) in [7, 11) is 0. The largest absolute Gasteiger partial charge is 0.478 e. The highest BCUT2D eigenvalue weighted by atomic mass is 19.4. The van der Waals surface area contributed by atoms with E-state index in [9.17, 15) is 22.8 Å². The fourth-order valence-electron chi connectivity index (χ4n) is 5.64. The van der Waals surface area contributed by atoms with E-state index in [0.29, 0.717) is 31.9 Å². The number of rotatable bonds is 6. The van der Waals surface area contributed by atoms with E-state index in [0.717, 1.165) is 47.4 Å². The molecule has 2 N–H and O–H groups in total. The molecule has 6 nitrogen and oxygen atoms in total. The average Bonchev–Trinajstić information content (AvgIpc) is 3.21. The average molecular weight is 539 g/mol. The first kappa shape index (κ1) is 26.7. The van der Waals surface area contributed by atoms with Crippen molar-refractivity contribution < 1.29 is 32.6 Å². The summed E-state index contributed by atoms with van der Waals surface area (Å²) in [4.78, 5) is 26.9. The normalized spacial score (nSPS) is 17.1. The molecule has 1 saturated heterocycles. The molecule has 0 radical (unpaired) electrons. The summed E-state index contributed by atoms with van der Waals surface area (Å²) in [5, 5.41) is 12.2. The van der Waals surface area contributed by atoms with Crippen LogP contribution in [0, 0.1) is 0 Å². The number of nitrogens with one attached hydrogen (secondary N) is 1. The number of aromatic carboxylic acids is 1. The number of hydrogen-bond donors (Lipinski definition) is 2. The first-order valence-corrected chi connectivity index (χ1v) is 12.8. The predicted octanol–water partition coefficient (Wildman–Crippen LogP) is 5.96. The van der Waals surface area contributed by atoms with Gasteiger partial charge in [0.05, 0.1) is 28.4 Å². The molecule has 1 spiro atoms. The van der Waals surface area contributed by atoms with Crippen LogP contribution in [-0.4, -0.2) is 36.7 Å². The molecule has 1 amide bonds. The molecule has 3 aromatic carbocycles. The molecule has 0 saturated carbocycles. The van der Waals surface area contributed by atoms with Gasteiger partial charge in [0.2, 0.25) is 0 Å². The summed E-state index contributed by atoms with van der Waals surface area (Å²) in [6, 6.07) is 16.8. The van der Waals surface area contributed by atoms with Gasteiger partial charge in [-0.15, -0.1) is 0 Å². The molecule has 2 aliphatic heterocycles. The summed E-state index contributed by atoms with van der Waals surface area (Å²) in [5.74, 6) is -1.29. The minimum absolute atomic E-state index is 0.166. The van der Waals surface area contributed by atoms with Crippen molar-refractivity contribution in [2.75, 3.05) is 24.7 Å². The number of alkyl halides is 3. The number of nitrogens with zero attached hydrogens (tertiary/aromatic N) is 1. The lowest BCUT2D eigenvalue weighted by molar-refractivity contribution is -0.137. The molecule has 2 heterocycles. The molecule has 0 unspecified atom stereocenters. The fourth-order valence-corrected chi connectivity index (χ4v) is 5.64. The van der Waals surface area contributed by atoms with E-state index in [4.69, 9.17) is 9.84 Å². The number of fused-ring (bicyclic) bond motifs is 2. The number of ether oxygens (including phenoxy) is 1. The number of carbonyl (C=O) groups is 2. The summed E-state index contributed by atoms with van der Waals surface area (Å²) in [5.41, 5.74) is 3.11.